The highest BCUT2D eigenvalue weighted by molar-refractivity contribution is 7.98. The Morgan fingerprint density at radius 1 is 1.31 bits per heavy atom. The molecule has 0 saturated heterocycles. The molecule has 0 atom stereocenters. The number of methoxy groups -OCH3 is 2. The van der Waals surface area contributed by atoms with E-state index in [1.165, 1.54) is 0 Å². The summed E-state index contributed by atoms with van der Waals surface area (Å²) >= 11 is 1.63. The molecule has 0 unspecified atom stereocenters. The Balaban J connectivity index is 3.25. The van der Waals surface area contributed by atoms with Gasteiger partial charge < -0.3 is 15.2 Å². The van der Waals surface area contributed by atoms with E-state index in [1.54, 1.807) is 26.0 Å². The van der Waals surface area contributed by atoms with Crippen LogP contribution in [0.15, 0.2) is 23.1 Å². The topological polar surface area (TPSA) is 44.5 Å². The summed E-state index contributed by atoms with van der Waals surface area (Å²) in [6.45, 7) is 0.509. The first-order valence-electron chi connectivity index (χ1n) is 4.93. The Bertz CT molecular complexity index is 378. The van der Waals surface area contributed by atoms with Crippen molar-refractivity contribution in [3.63, 3.8) is 0 Å². The molecule has 0 bridgehead atoms. The van der Waals surface area contributed by atoms with Gasteiger partial charge in [-0.25, -0.2) is 0 Å². The second kappa shape index (κ2) is 6.45. The van der Waals surface area contributed by atoms with Crippen LogP contribution in [-0.2, 0) is 0 Å². The van der Waals surface area contributed by atoms with E-state index in [0.717, 1.165) is 22.0 Å². The number of rotatable bonds is 5. The molecule has 0 heterocycles. The van der Waals surface area contributed by atoms with Gasteiger partial charge in [0.05, 0.1) is 19.1 Å². The Kier molecular flexibility index (Phi) is 5.22. The molecule has 0 amide bonds. The zero-order chi connectivity index (χ0) is 12.0. The van der Waals surface area contributed by atoms with E-state index in [4.69, 9.17) is 15.2 Å². The van der Waals surface area contributed by atoms with E-state index < -0.39 is 0 Å². The highest BCUT2D eigenvalue weighted by Crippen LogP contribution is 2.35. The number of nitrogens with two attached hydrogens (primary N) is 1. The highest BCUT2D eigenvalue weighted by atomic mass is 32.2. The zero-order valence-electron chi connectivity index (χ0n) is 9.82. The van der Waals surface area contributed by atoms with Crippen molar-refractivity contribution in [3.8, 4) is 11.5 Å². The van der Waals surface area contributed by atoms with Gasteiger partial charge in [0, 0.05) is 12.1 Å². The molecular formula is C12H17NO2S. The summed E-state index contributed by atoms with van der Waals surface area (Å²) in [7, 11) is 3.32. The van der Waals surface area contributed by atoms with Crippen LogP contribution in [0.4, 0.5) is 0 Å². The van der Waals surface area contributed by atoms with Gasteiger partial charge in [0.1, 0.15) is 11.5 Å². The van der Waals surface area contributed by atoms with E-state index >= 15 is 0 Å². The van der Waals surface area contributed by atoms with Crippen molar-refractivity contribution in [2.75, 3.05) is 27.0 Å². The summed E-state index contributed by atoms with van der Waals surface area (Å²) in [6, 6.07) is 3.90. The van der Waals surface area contributed by atoms with Crippen LogP contribution in [0.3, 0.4) is 0 Å². The fourth-order valence-corrected chi connectivity index (χ4v) is 2.02. The molecule has 0 aliphatic rings. The SMILES string of the molecule is COc1cc(/C=C/CN)c(OC)c(SC)c1. The molecule has 3 nitrogen and oxygen atoms in total. The van der Waals surface area contributed by atoms with Crippen molar-refractivity contribution < 1.29 is 9.47 Å². The van der Waals surface area contributed by atoms with Gasteiger partial charge in [0.25, 0.3) is 0 Å². The van der Waals surface area contributed by atoms with E-state index in [2.05, 4.69) is 0 Å². The minimum Gasteiger partial charge on any atom is -0.497 e. The third kappa shape index (κ3) is 2.93. The van der Waals surface area contributed by atoms with Crippen molar-refractivity contribution in [1.82, 2.24) is 0 Å². The van der Waals surface area contributed by atoms with E-state index in [0.29, 0.717) is 6.54 Å². The number of hydrogen-bond acceptors (Lipinski definition) is 4. The van der Waals surface area contributed by atoms with Crippen LogP contribution in [0, 0.1) is 0 Å². The normalized spacial score (nSPS) is 10.8. The lowest BCUT2D eigenvalue weighted by atomic mass is 10.1. The maximum atomic E-state index is 5.44. The number of benzene rings is 1. The average Bonchev–Trinajstić information content (AvgIpc) is 2.34. The Hall–Kier alpha value is -1.13. The Labute approximate surface area is 101 Å². The summed E-state index contributed by atoms with van der Waals surface area (Å²) in [6.07, 6.45) is 5.84. The van der Waals surface area contributed by atoms with Crippen LogP contribution in [0.1, 0.15) is 5.56 Å². The number of ether oxygens (including phenoxy) is 2. The standard InChI is InChI=1S/C12H17NO2S/c1-14-10-7-9(5-4-6-13)12(15-2)11(8-10)16-3/h4-5,7-8H,6,13H2,1-3H3/b5-4+. The van der Waals surface area contributed by atoms with E-state index in [-0.39, 0.29) is 0 Å². The zero-order valence-corrected chi connectivity index (χ0v) is 10.6. The van der Waals surface area contributed by atoms with Crippen LogP contribution in [0.25, 0.3) is 6.08 Å². The summed E-state index contributed by atoms with van der Waals surface area (Å²) in [4.78, 5) is 1.05. The van der Waals surface area contributed by atoms with Crippen LogP contribution in [0.5, 0.6) is 11.5 Å². The molecule has 0 aliphatic carbocycles. The fraction of sp³-hybridized carbons (Fsp3) is 0.333. The van der Waals surface area contributed by atoms with Gasteiger partial charge in [-0.1, -0.05) is 12.2 Å². The van der Waals surface area contributed by atoms with Gasteiger partial charge in [0.2, 0.25) is 0 Å². The molecule has 4 heteroatoms. The second-order valence-electron chi connectivity index (χ2n) is 3.09. The minimum absolute atomic E-state index is 0.509. The van der Waals surface area contributed by atoms with Gasteiger partial charge in [-0.05, 0) is 18.4 Å². The van der Waals surface area contributed by atoms with Gasteiger partial charge >= 0.3 is 0 Å². The predicted octanol–water partition coefficient (Wildman–Crippen LogP) is 2.40. The summed E-state index contributed by atoms with van der Waals surface area (Å²) < 4.78 is 10.6. The van der Waals surface area contributed by atoms with Crippen LogP contribution < -0.4 is 15.2 Å². The number of thioether (sulfide) groups is 1. The first-order chi connectivity index (χ1) is 7.76. The first-order valence-corrected chi connectivity index (χ1v) is 6.16. The molecule has 0 fully saturated rings. The van der Waals surface area contributed by atoms with Crippen LogP contribution in [0.2, 0.25) is 0 Å². The van der Waals surface area contributed by atoms with Crippen molar-refractivity contribution in [2.24, 2.45) is 5.73 Å². The summed E-state index contributed by atoms with van der Waals surface area (Å²) in [5.74, 6) is 1.68. The largest absolute Gasteiger partial charge is 0.497 e. The van der Waals surface area contributed by atoms with Crippen LogP contribution in [-0.4, -0.2) is 27.0 Å². The molecule has 0 radical (unpaired) electrons. The fourth-order valence-electron chi connectivity index (χ4n) is 1.40. The monoisotopic (exact) mass is 239 g/mol. The van der Waals surface area contributed by atoms with Gasteiger partial charge in [0.15, 0.2) is 0 Å². The maximum Gasteiger partial charge on any atom is 0.139 e. The van der Waals surface area contributed by atoms with Crippen molar-refractivity contribution >= 4 is 17.8 Å². The minimum atomic E-state index is 0.509. The summed E-state index contributed by atoms with van der Waals surface area (Å²) in [5.41, 5.74) is 6.43. The summed E-state index contributed by atoms with van der Waals surface area (Å²) in [5, 5.41) is 0. The highest BCUT2D eigenvalue weighted by Gasteiger charge is 2.09. The third-order valence-corrected chi connectivity index (χ3v) is 2.89. The molecule has 1 aromatic rings. The lowest BCUT2D eigenvalue weighted by Crippen LogP contribution is -1.95. The molecule has 1 aromatic carbocycles. The van der Waals surface area contributed by atoms with Crippen molar-refractivity contribution in [3.05, 3.63) is 23.8 Å². The maximum absolute atomic E-state index is 5.44. The lowest BCUT2D eigenvalue weighted by molar-refractivity contribution is 0.393. The quantitative estimate of drug-likeness (QED) is 0.801. The Morgan fingerprint density at radius 2 is 2.06 bits per heavy atom. The molecule has 1 rings (SSSR count). The molecule has 0 saturated carbocycles. The predicted molar refractivity (Wildman–Crippen MR) is 69.4 cm³/mol. The molecule has 0 aromatic heterocycles. The molecule has 88 valence electrons. The molecule has 0 aliphatic heterocycles. The first kappa shape index (κ1) is 12.9. The number of hydrogen-bond donors (Lipinski definition) is 1. The van der Waals surface area contributed by atoms with Gasteiger partial charge in [-0.2, -0.15) is 0 Å². The molecule has 16 heavy (non-hydrogen) atoms. The van der Waals surface area contributed by atoms with E-state index in [9.17, 15) is 0 Å². The average molecular weight is 239 g/mol. The van der Waals surface area contributed by atoms with Gasteiger partial charge in [-0.15, -0.1) is 11.8 Å². The molecule has 0 spiro atoms. The molecule has 2 N–H and O–H groups in total. The van der Waals surface area contributed by atoms with Crippen molar-refractivity contribution in [2.45, 2.75) is 4.90 Å². The lowest BCUT2D eigenvalue weighted by Gasteiger charge is -2.12. The van der Waals surface area contributed by atoms with Gasteiger partial charge in [-0.3, -0.25) is 0 Å². The third-order valence-electron chi connectivity index (χ3n) is 2.15. The smallest absolute Gasteiger partial charge is 0.139 e. The second-order valence-corrected chi connectivity index (χ2v) is 3.94. The van der Waals surface area contributed by atoms with Crippen LogP contribution >= 0.6 is 11.8 Å². The van der Waals surface area contributed by atoms with Crippen molar-refractivity contribution in [1.29, 1.82) is 0 Å². The molecular weight excluding hydrogens is 222 g/mol. The Morgan fingerprint density at radius 3 is 2.56 bits per heavy atom. The van der Waals surface area contributed by atoms with E-state index in [1.807, 2.05) is 30.5 Å².